The van der Waals surface area contributed by atoms with Gasteiger partial charge in [-0.25, -0.2) is 13.1 Å². The van der Waals surface area contributed by atoms with Crippen LogP contribution in [0.25, 0.3) is 0 Å². The Labute approximate surface area is 157 Å². The van der Waals surface area contributed by atoms with Gasteiger partial charge in [0, 0.05) is 32.4 Å². The summed E-state index contributed by atoms with van der Waals surface area (Å²) in [6, 6.07) is 13.6. The van der Waals surface area contributed by atoms with Crippen LogP contribution in [0.4, 0.5) is 5.69 Å². The lowest BCUT2D eigenvalue weighted by atomic mass is 10.1. The van der Waals surface area contributed by atoms with Crippen molar-refractivity contribution in [1.82, 2.24) is 9.62 Å². The summed E-state index contributed by atoms with van der Waals surface area (Å²) in [6.07, 6.45) is 0. The molecule has 5 nitrogen and oxygen atoms in total. The van der Waals surface area contributed by atoms with Gasteiger partial charge in [-0.15, -0.1) is 0 Å². The lowest BCUT2D eigenvalue weighted by molar-refractivity contribution is 0.299. The molecule has 0 bridgehead atoms. The topological polar surface area (TPSA) is 52.7 Å². The number of likely N-dealkylation sites (N-methyl/N-ethyl adjacent to an activating group) is 1. The lowest BCUT2D eigenvalue weighted by Gasteiger charge is -2.26. The van der Waals surface area contributed by atoms with Crippen LogP contribution in [0.1, 0.15) is 22.7 Å². The van der Waals surface area contributed by atoms with E-state index >= 15 is 0 Å². The molecule has 0 aliphatic rings. The molecule has 0 aliphatic heterocycles. The van der Waals surface area contributed by atoms with Crippen LogP contribution < -0.4 is 9.62 Å². The van der Waals surface area contributed by atoms with Gasteiger partial charge >= 0.3 is 0 Å². The van der Waals surface area contributed by atoms with E-state index in [1.165, 1.54) is 0 Å². The van der Waals surface area contributed by atoms with Crippen molar-refractivity contribution in [1.29, 1.82) is 0 Å². The monoisotopic (exact) mass is 375 g/mol. The maximum Gasteiger partial charge on any atom is 0.240 e. The largest absolute Gasteiger partial charge is 0.378 e. The first-order valence-corrected chi connectivity index (χ1v) is 10.1. The Morgan fingerprint density at radius 3 is 2.12 bits per heavy atom. The van der Waals surface area contributed by atoms with Crippen molar-refractivity contribution in [3.8, 4) is 0 Å². The normalized spacial score (nSPS) is 13.0. The minimum absolute atomic E-state index is 0.0499. The quantitative estimate of drug-likeness (QED) is 0.808. The van der Waals surface area contributed by atoms with Crippen LogP contribution in [-0.4, -0.2) is 48.1 Å². The van der Waals surface area contributed by atoms with E-state index in [9.17, 15) is 8.42 Å². The summed E-state index contributed by atoms with van der Waals surface area (Å²) in [5.41, 5.74) is 3.87. The van der Waals surface area contributed by atoms with Gasteiger partial charge in [0.15, 0.2) is 0 Å². The third kappa shape index (κ3) is 4.84. The molecule has 0 aliphatic carbocycles. The van der Waals surface area contributed by atoms with Crippen molar-refractivity contribution in [2.75, 3.05) is 39.6 Å². The van der Waals surface area contributed by atoms with Crippen LogP contribution >= 0.6 is 0 Å². The van der Waals surface area contributed by atoms with Crippen LogP contribution in [0.5, 0.6) is 0 Å². The molecule has 0 saturated carbocycles. The summed E-state index contributed by atoms with van der Waals surface area (Å²) < 4.78 is 28.3. The fourth-order valence-corrected chi connectivity index (χ4v) is 4.22. The first-order chi connectivity index (χ1) is 12.1. The molecule has 1 N–H and O–H groups in total. The predicted octanol–water partition coefficient (Wildman–Crippen LogP) is 2.95. The smallest absolute Gasteiger partial charge is 0.240 e. The van der Waals surface area contributed by atoms with E-state index < -0.39 is 10.0 Å². The molecular weight excluding hydrogens is 346 g/mol. The highest BCUT2D eigenvalue weighted by atomic mass is 32.2. The van der Waals surface area contributed by atoms with Crippen LogP contribution in [0, 0.1) is 13.8 Å². The second-order valence-electron chi connectivity index (χ2n) is 7.09. The molecule has 142 valence electrons. The second kappa shape index (κ2) is 8.20. The Morgan fingerprint density at radius 2 is 1.58 bits per heavy atom. The number of nitrogens with one attached hydrogen (secondary N) is 1. The first kappa shape index (κ1) is 20.4. The molecule has 1 unspecified atom stereocenters. The zero-order chi connectivity index (χ0) is 19.5. The third-order valence-corrected chi connectivity index (χ3v) is 6.08. The zero-order valence-corrected chi connectivity index (χ0v) is 17.3. The Bertz CT molecular complexity index is 844. The van der Waals surface area contributed by atoms with Crippen LogP contribution in [0.15, 0.2) is 47.4 Å². The maximum atomic E-state index is 12.8. The number of aryl methyl sites for hydroxylation is 2. The molecule has 0 saturated heterocycles. The Hall–Kier alpha value is -1.89. The SMILES string of the molecule is Cc1ccc(C)c(S(=O)(=O)NCC(c2ccc(N(C)C)cc2)N(C)C)c1. The number of rotatable bonds is 7. The minimum Gasteiger partial charge on any atom is -0.378 e. The van der Waals surface area contributed by atoms with E-state index in [0.717, 1.165) is 22.4 Å². The number of anilines is 1. The summed E-state index contributed by atoms with van der Waals surface area (Å²) in [5.74, 6) is 0. The summed E-state index contributed by atoms with van der Waals surface area (Å²) in [7, 11) is 4.35. The molecular formula is C20H29N3O2S. The number of hydrogen-bond acceptors (Lipinski definition) is 4. The van der Waals surface area contributed by atoms with Crippen molar-refractivity contribution in [2.45, 2.75) is 24.8 Å². The molecule has 0 radical (unpaired) electrons. The highest BCUT2D eigenvalue weighted by molar-refractivity contribution is 7.89. The van der Waals surface area contributed by atoms with Gasteiger partial charge in [-0.2, -0.15) is 0 Å². The van der Waals surface area contributed by atoms with E-state index in [2.05, 4.69) is 4.72 Å². The van der Waals surface area contributed by atoms with Gasteiger partial charge in [0.25, 0.3) is 0 Å². The van der Waals surface area contributed by atoms with Gasteiger partial charge in [-0.1, -0.05) is 24.3 Å². The molecule has 6 heteroatoms. The molecule has 0 aromatic heterocycles. The van der Waals surface area contributed by atoms with E-state index in [-0.39, 0.29) is 6.04 Å². The summed E-state index contributed by atoms with van der Waals surface area (Å²) in [5, 5.41) is 0. The van der Waals surface area contributed by atoms with Gasteiger partial charge < -0.3 is 9.80 Å². The highest BCUT2D eigenvalue weighted by Crippen LogP contribution is 2.22. The minimum atomic E-state index is -3.56. The number of benzene rings is 2. The van der Waals surface area contributed by atoms with Crippen molar-refractivity contribution in [3.05, 3.63) is 59.2 Å². The van der Waals surface area contributed by atoms with Gasteiger partial charge in [0.1, 0.15) is 0 Å². The Kier molecular flexibility index (Phi) is 6.44. The standard InChI is InChI=1S/C20H29N3O2S/c1-15-7-8-16(2)20(13-15)26(24,25)21-14-19(23(5)6)17-9-11-18(12-10-17)22(3)4/h7-13,19,21H,14H2,1-6H3. The predicted molar refractivity (Wildman–Crippen MR) is 108 cm³/mol. The second-order valence-corrected chi connectivity index (χ2v) is 8.82. The Morgan fingerprint density at radius 1 is 0.962 bits per heavy atom. The first-order valence-electron chi connectivity index (χ1n) is 8.62. The van der Waals surface area contributed by atoms with Gasteiger partial charge in [-0.3, -0.25) is 0 Å². The molecule has 2 rings (SSSR count). The lowest BCUT2D eigenvalue weighted by Crippen LogP contribution is -2.34. The highest BCUT2D eigenvalue weighted by Gasteiger charge is 2.21. The number of sulfonamides is 1. The molecule has 0 fully saturated rings. The fourth-order valence-electron chi connectivity index (χ4n) is 2.86. The van der Waals surface area contributed by atoms with Crippen molar-refractivity contribution in [2.24, 2.45) is 0 Å². The maximum absolute atomic E-state index is 12.8. The van der Waals surface area contributed by atoms with Crippen molar-refractivity contribution in [3.63, 3.8) is 0 Å². The molecule has 0 heterocycles. The average Bonchev–Trinajstić information content (AvgIpc) is 2.57. The van der Waals surface area contributed by atoms with E-state index in [1.807, 2.05) is 88.2 Å². The van der Waals surface area contributed by atoms with Gasteiger partial charge in [0.2, 0.25) is 10.0 Å². The summed E-state index contributed by atoms with van der Waals surface area (Å²) in [4.78, 5) is 4.41. The molecule has 0 amide bonds. The molecule has 26 heavy (non-hydrogen) atoms. The zero-order valence-electron chi connectivity index (χ0n) is 16.4. The average molecular weight is 376 g/mol. The van der Waals surface area contributed by atoms with Gasteiger partial charge in [-0.05, 0) is 62.8 Å². The van der Waals surface area contributed by atoms with Crippen LogP contribution in [-0.2, 0) is 10.0 Å². The summed E-state index contributed by atoms with van der Waals surface area (Å²) in [6.45, 7) is 4.02. The van der Waals surface area contributed by atoms with E-state index in [4.69, 9.17) is 0 Å². The van der Waals surface area contributed by atoms with Crippen LogP contribution in [0.3, 0.4) is 0 Å². The number of hydrogen-bond donors (Lipinski definition) is 1. The van der Waals surface area contributed by atoms with Crippen molar-refractivity contribution < 1.29 is 8.42 Å². The van der Waals surface area contributed by atoms with E-state index in [1.54, 1.807) is 6.07 Å². The van der Waals surface area contributed by atoms with Gasteiger partial charge in [0.05, 0.1) is 4.90 Å². The molecule has 2 aromatic rings. The molecule has 0 spiro atoms. The Balaban J connectivity index is 2.21. The summed E-state index contributed by atoms with van der Waals surface area (Å²) >= 11 is 0. The fraction of sp³-hybridized carbons (Fsp3) is 0.400. The number of nitrogens with zero attached hydrogens (tertiary/aromatic N) is 2. The van der Waals surface area contributed by atoms with Crippen LogP contribution in [0.2, 0.25) is 0 Å². The molecule has 1 atom stereocenters. The van der Waals surface area contributed by atoms with E-state index in [0.29, 0.717) is 11.4 Å². The molecule has 2 aromatic carbocycles. The third-order valence-electron chi connectivity index (χ3n) is 4.52. The van der Waals surface area contributed by atoms with Crippen molar-refractivity contribution >= 4 is 15.7 Å².